The highest BCUT2D eigenvalue weighted by Gasteiger charge is 2.35. The normalized spacial score (nSPS) is 16.4. The molecule has 0 fully saturated rings. The predicted molar refractivity (Wildman–Crippen MR) is 142 cm³/mol. The Morgan fingerprint density at radius 1 is 0.972 bits per heavy atom. The lowest BCUT2D eigenvalue weighted by molar-refractivity contribution is -0.137. The number of nitrogens with zero attached hydrogens (tertiary/aromatic N) is 1. The maximum atomic E-state index is 13.4. The Bertz CT molecular complexity index is 1200. The van der Waals surface area contributed by atoms with Crippen LogP contribution in [0.3, 0.4) is 0 Å². The van der Waals surface area contributed by atoms with Crippen LogP contribution in [0.2, 0.25) is 0 Å². The van der Waals surface area contributed by atoms with Gasteiger partial charge in [0.25, 0.3) is 5.91 Å². The van der Waals surface area contributed by atoms with Gasteiger partial charge in [-0.2, -0.15) is 0 Å². The maximum Gasteiger partial charge on any atom is 0.305 e. The minimum Gasteiger partial charge on any atom is -0.487 e. The Morgan fingerprint density at radius 3 is 2.36 bits per heavy atom. The van der Waals surface area contributed by atoms with E-state index in [4.69, 9.17) is 4.74 Å². The molecule has 0 aliphatic carbocycles. The van der Waals surface area contributed by atoms with Crippen LogP contribution in [0.4, 0.5) is 0 Å². The third kappa shape index (κ3) is 6.34. The molecule has 0 bridgehead atoms. The summed E-state index contributed by atoms with van der Waals surface area (Å²) in [6.07, 6.45) is 2.09. The van der Waals surface area contributed by atoms with Gasteiger partial charge in [-0.25, -0.2) is 0 Å². The van der Waals surface area contributed by atoms with Gasteiger partial charge in [-0.3, -0.25) is 9.59 Å². The van der Waals surface area contributed by atoms with Gasteiger partial charge in [-0.15, -0.1) is 0 Å². The van der Waals surface area contributed by atoms with E-state index in [1.807, 2.05) is 42.5 Å². The van der Waals surface area contributed by atoms with E-state index < -0.39 is 5.97 Å². The third-order valence-corrected chi connectivity index (χ3v) is 6.85. The zero-order chi connectivity index (χ0) is 25.7. The molecule has 1 aliphatic heterocycles. The summed E-state index contributed by atoms with van der Waals surface area (Å²) in [5.74, 6) is 0.259. The van der Waals surface area contributed by atoms with Crippen molar-refractivity contribution in [1.29, 1.82) is 0 Å². The number of carboxylic acids is 1. The van der Waals surface area contributed by atoms with E-state index in [-0.39, 0.29) is 24.5 Å². The van der Waals surface area contributed by atoms with Gasteiger partial charge in [0, 0.05) is 31.5 Å². The summed E-state index contributed by atoms with van der Waals surface area (Å²) in [5, 5.41) is 9.19. The summed E-state index contributed by atoms with van der Waals surface area (Å²) in [5.41, 5.74) is 4.88. The summed E-state index contributed by atoms with van der Waals surface area (Å²) in [6.45, 7) is 7.14. The zero-order valence-electron chi connectivity index (χ0n) is 21.4. The summed E-state index contributed by atoms with van der Waals surface area (Å²) in [6, 6.07) is 24.2. The van der Waals surface area contributed by atoms with Crippen molar-refractivity contribution in [3.05, 3.63) is 101 Å². The number of hydrogen-bond donors (Lipinski definition) is 1. The fourth-order valence-electron chi connectivity index (χ4n) is 4.84. The monoisotopic (exact) mass is 485 g/mol. The number of aliphatic carboxylic acids is 1. The number of hydrogen-bond acceptors (Lipinski definition) is 3. The van der Waals surface area contributed by atoms with Crippen molar-refractivity contribution in [2.75, 3.05) is 13.1 Å². The molecule has 1 N–H and O–H groups in total. The van der Waals surface area contributed by atoms with Gasteiger partial charge in [-0.1, -0.05) is 68.4 Å². The number of carboxylic acid groups (broad SMARTS) is 1. The van der Waals surface area contributed by atoms with Crippen LogP contribution in [0.5, 0.6) is 5.75 Å². The number of rotatable bonds is 10. The Labute approximate surface area is 213 Å². The molecule has 1 amide bonds. The van der Waals surface area contributed by atoms with Crippen LogP contribution in [0.25, 0.3) is 0 Å². The van der Waals surface area contributed by atoms with Crippen molar-refractivity contribution in [2.45, 2.75) is 58.0 Å². The van der Waals surface area contributed by atoms with Gasteiger partial charge < -0.3 is 14.7 Å². The lowest BCUT2D eigenvalue weighted by Gasteiger charge is -2.24. The summed E-state index contributed by atoms with van der Waals surface area (Å²) >= 11 is 0. The van der Waals surface area contributed by atoms with Gasteiger partial charge >= 0.3 is 5.97 Å². The molecule has 0 aromatic heterocycles. The quantitative estimate of drug-likeness (QED) is 0.388. The van der Waals surface area contributed by atoms with Crippen LogP contribution in [-0.2, 0) is 24.1 Å². The molecule has 36 heavy (non-hydrogen) atoms. The minimum atomic E-state index is -0.910. The van der Waals surface area contributed by atoms with Gasteiger partial charge in [0.15, 0.2) is 0 Å². The summed E-state index contributed by atoms with van der Waals surface area (Å²) < 4.78 is 6.35. The smallest absolute Gasteiger partial charge is 0.305 e. The topological polar surface area (TPSA) is 66.8 Å². The SMILES string of the molecule is CC(C)c1ccc(C[C@]2(C)Cc3cc(C(=O)N(CCC(=O)O)CCc4ccccc4)ccc3O2)cc1. The van der Waals surface area contributed by atoms with Crippen molar-refractivity contribution >= 4 is 11.9 Å². The van der Waals surface area contributed by atoms with Crippen molar-refractivity contribution in [3.8, 4) is 5.75 Å². The first-order valence-corrected chi connectivity index (χ1v) is 12.7. The highest BCUT2D eigenvalue weighted by atomic mass is 16.5. The molecule has 0 saturated heterocycles. The molecule has 3 aromatic rings. The van der Waals surface area contributed by atoms with E-state index in [0.29, 0.717) is 30.9 Å². The van der Waals surface area contributed by atoms with Gasteiger partial charge in [-0.05, 0) is 59.7 Å². The second kappa shape index (κ2) is 11.0. The third-order valence-electron chi connectivity index (χ3n) is 6.85. The van der Waals surface area contributed by atoms with Gasteiger partial charge in [0.2, 0.25) is 0 Å². The van der Waals surface area contributed by atoms with E-state index >= 15 is 0 Å². The highest BCUT2D eigenvalue weighted by Crippen LogP contribution is 2.38. The Balaban J connectivity index is 1.46. The van der Waals surface area contributed by atoms with Crippen LogP contribution in [0.15, 0.2) is 72.8 Å². The molecule has 5 nitrogen and oxygen atoms in total. The van der Waals surface area contributed by atoms with Crippen LogP contribution >= 0.6 is 0 Å². The van der Waals surface area contributed by atoms with E-state index in [2.05, 4.69) is 45.0 Å². The maximum absolute atomic E-state index is 13.4. The molecule has 1 aliphatic rings. The van der Waals surface area contributed by atoms with Crippen LogP contribution in [0.1, 0.15) is 65.7 Å². The van der Waals surface area contributed by atoms with Gasteiger partial charge in [0.1, 0.15) is 11.4 Å². The molecule has 0 saturated carbocycles. The van der Waals surface area contributed by atoms with E-state index in [9.17, 15) is 14.7 Å². The number of carbonyl (C=O) groups is 2. The second-order valence-electron chi connectivity index (χ2n) is 10.3. The molecule has 1 heterocycles. The first-order chi connectivity index (χ1) is 17.2. The van der Waals surface area contributed by atoms with Crippen molar-refractivity contribution < 1.29 is 19.4 Å². The Morgan fingerprint density at radius 2 is 1.69 bits per heavy atom. The summed E-state index contributed by atoms with van der Waals surface area (Å²) in [4.78, 5) is 26.3. The lowest BCUT2D eigenvalue weighted by Crippen LogP contribution is -2.35. The Kier molecular flexibility index (Phi) is 7.78. The molecule has 0 spiro atoms. The molecule has 4 rings (SSSR count). The van der Waals surface area contributed by atoms with Crippen LogP contribution < -0.4 is 4.74 Å². The predicted octanol–water partition coefficient (Wildman–Crippen LogP) is 5.91. The first-order valence-electron chi connectivity index (χ1n) is 12.7. The first kappa shape index (κ1) is 25.5. The second-order valence-corrected chi connectivity index (χ2v) is 10.3. The van der Waals surface area contributed by atoms with Gasteiger partial charge in [0.05, 0.1) is 6.42 Å². The molecular weight excluding hydrogens is 450 g/mol. The number of ether oxygens (including phenoxy) is 1. The number of benzene rings is 3. The molecular formula is C31H35NO4. The van der Waals surface area contributed by atoms with Crippen LogP contribution in [0, 0.1) is 0 Å². The molecule has 188 valence electrons. The zero-order valence-corrected chi connectivity index (χ0v) is 21.4. The standard InChI is InChI=1S/C31H35NO4/c1-22(2)25-11-9-24(10-12-25)20-31(3)21-27-19-26(13-14-28(27)36-31)30(35)32(18-16-29(33)34)17-15-23-7-5-4-6-8-23/h4-14,19,22H,15-18,20-21H2,1-3H3,(H,33,34)/t31-/m1/s1. The van der Waals surface area contributed by atoms with Crippen molar-refractivity contribution in [2.24, 2.45) is 0 Å². The number of amides is 1. The van der Waals surface area contributed by atoms with E-state index in [1.54, 1.807) is 11.0 Å². The lowest BCUT2D eigenvalue weighted by atomic mass is 9.90. The highest BCUT2D eigenvalue weighted by molar-refractivity contribution is 5.95. The van der Waals surface area contributed by atoms with Crippen molar-refractivity contribution in [3.63, 3.8) is 0 Å². The largest absolute Gasteiger partial charge is 0.487 e. The van der Waals surface area contributed by atoms with Crippen LogP contribution in [-0.4, -0.2) is 40.6 Å². The average molecular weight is 486 g/mol. The molecule has 0 radical (unpaired) electrons. The molecule has 1 atom stereocenters. The number of fused-ring (bicyclic) bond motifs is 1. The molecule has 0 unspecified atom stereocenters. The average Bonchev–Trinajstić information content (AvgIpc) is 3.19. The fourth-order valence-corrected chi connectivity index (χ4v) is 4.84. The van der Waals surface area contributed by atoms with Crippen molar-refractivity contribution in [1.82, 2.24) is 4.90 Å². The van der Waals surface area contributed by atoms with E-state index in [0.717, 1.165) is 23.3 Å². The number of carbonyl (C=O) groups excluding carboxylic acids is 1. The minimum absolute atomic E-state index is 0.0811. The van der Waals surface area contributed by atoms with E-state index in [1.165, 1.54) is 11.1 Å². The molecule has 5 heteroatoms. The summed E-state index contributed by atoms with van der Waals surface area (Å²) in [7, 11) is 0. The molecule has 3 aromatic carbocycles. The Hall–Kier alpha value is -3.60. The fraction of sp³-hybridized carbons (Fsp3) is 0.355.